The largest absolute Gasteiger partial charge is 0.493 e. The number of para-hydroxylation sites is 1. The highest BCUT2D eigenvalue weighted by molar-refractivity contribution is 5.46. The minimum atomic E-state index is 0.772. The summed E-state index contributed by atoms with van der Waals surface area (Å²) in [4.78, 5) is 2.19. The molecule has 0 bridgehead atoms. The molecule has 0 aromatic heterocycles. The average Bonchev–Trinajstić information content (AvgIpc) is 2.27. The molecule has 1 rings (SSSR count). The molecule has 3 nitrogen and oxygen atoms in total. The maximum Gasteiger partial charge on any atom is 0.165 e. The van der Waals surface area contributed by atoms with Gasteiger partial charge >= 0.3 is 0 Å². The normalized spacial score (nSPS) is 10.4. The van der Waals surface area contributed by atoms with Gasteiger partial charge in [-0.25, -0.2) is 0 Å². The van der Waals surface area contributed by atoms with Crippen LogP contribution in [0, 0.1) is 0 Å². The first-order chi connectivity index (χ1) is 8.08. The second-order valence-corrected chi connectivity index (χ2v) is 4.28. The monoisotopic (exact) mass is 235 g/mol. The van der Waals surface area contributed by atoms with Crippen LogP contribution < -0.4 is 9.47 Å². The summed E-state index contributed by atoms with van der Waals surface area (Å²) in [5.74, 6) is 1.58. The smallest absolute Gasteiger partial charge is 0.165 e. The van der Waals surface area contributed by atoms with E-state index in [1.807, 2.05) is 19.1 Å². The van der Waals surface area contributed by atoms with Crippen molar-refractivity contribution in [3.63, 3.8) is 0 Å². The van der Waals surface area contributed by atoms with Gasteiger partial charge in [0.25, 0.3) is 0 Å². The summed E-state index contributed by atoms with van der Waals surface area (Å²) in [5.41, 5.74) is 2.27. The molecule has 0 unspecified atom stereocenters. The minimum Gasteiger partial charge on any atom is -0.493 e. The van der Waals surface area contributed by atoms with E-state index >= 15 is 0 Å². The van der Waals surface area contributed by atoms with E-state index in [0.29, 0.717) is 0 Å². The molecular weight excluding hydrogens is 214 g/mol. The molecule has 0 N–H and O–H groups in total. The zero-order chi connectivity index (χ0) is 12.8. The molecule has 0 radical (unpaired) electrons. The van der Waals surface area contributed by atoms with E-state index < -0.39 is 0 Å². The molecule has 1 aromatic carbocycles. The average molecular weight is 235 g/mol. The Morgan fingerprint density at radius 1 is 1.29 bits per heavy atom. The summed E-state index contributed by atoms with van der Waals surface area (Å²) in [6, 6.07) is 5.93. The summed E-state index contributed by atoms with van der Waals surface area (Å²) < 4.78 is 10.7. The maximum atomic E-state index is 5.40. The van der Waals surface area contributed by atoms with E-state index in [1.165, 1.54) is 0 Å². The van der Waals surface area contributed by atoms with Gasteiger partial charge in [0.15, 0.2) is 11.5 Å². The zero-order valence-corrected chi connectivity index (χ0v) is 11.1. The third-order valence-corrected chi connectivity index (χ3v) is 2.46. The van der Waals surface area contributed by atoms with Crippen molar-refractivity contribution in [2.75, 3.05) is 27.8 Å². The Labute approximate surface area is 104 Å². The van der Waals surface area contributed by atoms with Gasteiger partial charge in [0, 0.05) is 18.7 Å². The fourth-order valence-corrected chi connectivity index (χ4v) is 1.89. The van der Waals surface area contributed by atoms with Crippen LogP contribution in [0.15, 0.2) is 30.4 Å². The second kappa shape index (κ2) is 6.30. The Balaban J connectivity index is 2.86. The third-order valence-electron chi connectivity index (χ3n) is 2.46. The second-order valence-electron chi connectivity index (χ2n) is 4.28. The molecule has 0 aliphatic rings. The molecule has 0 fully saturated rings. The highest BCUT2D eigenvalue weighted by atomic mass is 16.5. The van der Waals surface area contributed by atoms with Gasteiger partial charge in [-0.15, -0.1) is 0 Å². The van der Waals surface area contributed by atoms with E-state index in [4.69, 9.17) is 9.47 Å². The fraction of sp³-hybridized carbons (Fsp3) is 0.429. The SMILES string of the molecule is C=C(C)CN(C)Cc1cccc(OC)c1OC. The lowest BCUT2D eigenvalue weighted by atomic mass is 10.1. The van der Waals surface area contributed by atoms with Crippen LogP contribution in [0.4, 0.5) is 0 Å². The van der Waals surface area contributed by atoms with E-state index in [2.05, 4.69) is 24.6 Å². The summed E-state index contributed by atoms with van der Waals surface area (Å²) in [7, 11) is 5.38. The van der Waals surface area contributed by atoms with Gasteiger partial charge in [0.05, 0.1) is 14.2 Å². The summed E-state index contributed by atoms with van der Waals surface area (Å²) in [5, 5.41) is 0. The number of rotatable bonds is 6. The van der Waals surface area contributed by atoms with Crippen molar-refractivity contribution < 1.29 is 9.47 Å². The van der Waals surface area contributed by atoms with Crippen LogP contribution in [0.25, 0.3) is 0 Å². The highest BCUT2D eigenvalue weighted by Crippen LogP contribution is 2.31. The van der Waals surface area contributed by atoms with E-state index in [-0.39, 0.29) is 0 Å². The van der Waals surface area contributed by atoms with Crippen LogP contribution in [-0.4, -0.2) is 32.7 Å². The Hall–Kier alpha value is -1.48. The number of benzene rings is 1. The van der Waals surface area contributed by atoms with Gasteiger partial charge in [-0.1, -0.05) is 24.3 Å². The molecule has 0 aliphatic heterocycles. The molecule has 17 heavy (non-hydrogen) atoms. The minimum absolute atomic E-state index is 0.772. The number of hydrogen-bond donors (Lipinski definition) is 0. The molecule has 0 aliphatic carbocycles. The maximum absolute atomic E-state index is 5.40. The standard InChI is InChI=1S/C14H21NO2/c1-11(2)9-15(3)10-12-7-6-8-13(16-4)14(12)17-5/h6-8H,1,9-10H2,2-5H3. The fourth-order valence-electron chi connectivity index (χ4n) is 1.89. The number of methoxy groups -OCH3 is 2. The summed E-state index contributed by atoms with van der Waals surface area (Å²) in [6.45, 7) is 7.63. The quantitative estimate of drug-likeness (QED) is 0.708. The van der Waals surface area contributed by atoms with Crippen molar-refractivity contribution in [2.45, 2.75) is 13.5 Å². The van der Waals surface area contributed by atoms with Gasteiger partial charge in [0.2, 0.25) is 0 Å². The van der Waals surface area contributed by atoms with Crippen LogP contribution in [0.3, 0.4) is 0 Å². The van der Waals surface area contributed by atoms with E-state index in [0.717, 1.165) is 35.7 Å². The van der Waals surface area contributed by atoms with Crippen LogP contribution in [-0.2, 0) is 6.54 Å². The van der Waals surface area contributed by atoms with Crippen LogP contribution in [0.2, 0.25) is 0 Å². The van der Waals surface area contributed by atoms with Crippen LogP contribution in [0.5, 0.6) is 11.5 Å². The number of ether oxygens (including phenoxy) is 2. The first-order valence-electron chi connectivity index (χ1n) is 5.61. The van der Waals surface area contributed by atoms with Crippen molar-refractivity contribution in [1.82, 2.24) is 4.90 Å². The third kappa shape index (κ3) is 3.79. The van der Waals surface area contributed by atoms with Crippen molar-refractivity contribution in [3.05, 3.63) is 35.9 Å². The number of hydrogen-bond acceptors (Lipinski definition) is 3. The van der Waals surface area contributed by atoms with Crippen LogP contribution >= 0.6 is 0 Å². The van der Waals surface area contributed by atoms with E-state index in [9.17, 15) is 0 Å². The summed E-state index contributed by atoms with van der Waals surface area (Å²) >= 11 is 0. The Morgan fingerprint density at radius 3 is 2.53 bits per heavy atom. The topological polar surface area (TPSA) is 21.7 Å². The van der Waals surface area contributed by atoms with Gasteiger partial charge in [-0.2, -0.15) is 0 Å². The van der Waals surface area contributed by atoms with Crippen molar-refractivity contribution in [2.24, 2.45) is 0 Å². The highest BCUT2D eigenvalue weighted by Gasteiger charge is 2.11. The Bertz CT molecular complexity index is 388. The molecule has 3 heteroatoms. The van der Waals surface area contributed by atoms with Crippen molar-refractivity contribution in [3.8, 4) is 11.5 Å². The Kier molecular flexibility index (Phi) is 5.04. The lowest BCUT2D eigenvalue weighted by molar-refractivity contribution is 0.325. The van der Waals surface area contributed by atoms with Gasteiger partial charge in [0.1, 0.15) is 0 Å². The molecule has 1 aromatic rings. The molecule has 0 heterocycles. The van der Waals surface area contributed by atoms with E-state index in [1.54, 1.807) is 14.2 Å². The van der Waals surface area contributed by atoms with Gasteiger partial charge < -0.3 is 9.47 Å². The molecule has 0 saturated heterocycles. The molecule has 0 atom stereocenters. The first-order valence-corrected chi connectivity index (χ1v) is 5.61. The predicted octanol–water partition coefficient (Wildman–Crippen LogP) is 2.71. The molecular formula is C14H21NO2. The van der Waals surface area contributed by atoms with Crippen LogP contribution in [0.1, 0.15) is 12.5 Å². The van der Waals surface area contributed by atoms with Gasteiger partial charge in [-0.3, -0.25) is 4.90 Å². The van der Waals surface area contributed by atoms with Gasteiger partial charge in [-0.05, 0) is 20.0 Å². The van der Waals surface area contributed by atoms with Crippen molar-refractivity contribution >= 4 is 0 Å². The molecule has 0 spiro atoms. The lowest BCUT2D eigenvalue weighted by Gasteiger charge is -2.19. The zero-order valence-electron chi connectivity index (χ0n) is 11.1. The summed E-state index contributed by atoms with van der Waals surface area (Å²) in [6.07, 6.45) is 0. The molecule has 0 saturated carbocycles. The number of nitrogens with zero attached hydrogens (tertiary/aromatic N) is 1. The molecule has 94 valence electrons. The van der Waals surface area contributed by atoms with Crippen molar-refractivity contribution in [1.29, 1.82) is 0 Å². The lowest BCUT2D eigenvalue weighted by Crippen LogP contribution is -2.20. The predicted molar refractivity (Wildman–Crippen MR) is 70.7 cm³/mol. The number of likely N-dealkylation sites (N-methyl/N-ethyl adjacent to an activating group) is 1. The molecule has 0 amide bonds. The first kappa shape index (κ1) is 13.6. The Morgan fingerprint density at radius 2 is 2.00 bits per heavy atom.